The molecule has 5 heteroatoms. The van der Waals surface area contributed by atoms with Gasteiger partial charge in [-0.25, -0.2) is 0 Å². The number of primary amides is 1. The van der Waals surface area contributed by atoms with Crippen LogP contribution in [0.4, 0.5) is 0 Å². The van der Waals surface area contributed by atoms with Crippen LogP contribution in [0.2, 0.25) is 0 Å². The minimum atomic E-state index is -1.26. The minimum Gasteiger partial charge on any atom is -0.369 e. The first kappa shape index (κ1) is 16.9. The second-order valence-electron chi connectivity index (χ2n) is 6.19. The Morgan fingerprint density at radius 3 is 2.77 bits per heavy atom. The van der Waals surface area contributed by atoms with E-state index in [1.54, 1.807) is 6.08 Å². The number of amides is 1. The van der Waals surface area contributed by atoms with Crippen LogP contribution in [0.5, 0.6) is 0 Å². The maximum atomic E-state index is 13.1. The van der Waals surface area contributed by atoms with Crippen LogP contribution in [0.25, 0.3) is 0 Å². The highest BCUT2D eigenvalue weighted by Crippen LogP contribution is 2.42. The van der Waals surface area contributed by atoms with Crippen molar-refractivity contribution in [1.29, 1.82) is 0 Å². The van der Waals surface area contributed by atoms with Gasteiger partial charge < -0.3 is 15.8 Å². The van der Waals surface area contributed by atoms with Gasteiger partial charge >= 0.3 is 0 Å². The zero-order valence-corrected chi connectivity index (χ0v) is 13.6. The molecular formula is C17H26N2O3. The molecule has 0 saturated carbocycles. The number of Topliss-reactive ketones (excluding diaryl/α,β-unsaturated/α-hetero) is 1. The summed E-state index contributed by atoms with van der Waals surface area (Å²) in [5.41, 5.74) is 5.22. The van der Waals surface area contributed by atoms with Crippen molar-refractivity contribution in [3.05, 3.63) is 23.8 Å². The third kappa shape index (κ3) is 2.63. The largest absolute Gasteiger partial charge is 0.369 e. The molecule has 2 aliphatic rings. The van der Waals surface area contributed by atoms with Crippen molar-refractivity contribution >= 4 is 11.7 Å². The van der Waals surface area contributed by atoms with Crippen LogP contribution in [-0.2, 0) is 14.3 Å². The summed E-state index contributed by atoms with van der Waals surface area (Å²) in [6, 6.07) is 0. The first-order chi connectivity index (χ1) is 10.5. The van der Waals surface area contributed by atoms with E-state index in [-0.39, 0.29) is 17.6 Å². The lowest BCUT2D eigenvalue weighted by Gasteiger charge is -2.42. The topological polar surface area (TPSA) is 81.4 Å². The molecule has 22 heavy (non-hydrogen) atoms. The van der Waals surface area contributed by atoms with Gasteiger partial charge in [0.05, 0.1) is 5.92 Å². The number of ketones is 1. The molecule has 0 aromatic carbocycles. The molecule has 0 aromatic heterocycles. The maximum Gasteiger partial charge on any atom is 0.228 e. The fourth-order valence-corrected chi connectivity index (χ4v) is 3.56. The third-order valence-corrected chi connectivity index (χ3v) is 5.00. The van der Waals surface area contributed by atoms with E-state index >= 15 is 0 Å². The predicted octanol–water partition coefficient (Wildman–Crippen LogP) is 1.19. The molecular weight excluding hydrogens is 280 g/mol. The van der Waals surface area contributed by atoms with Crippen LogP contribution in [0, 0.1) is 17.8 Å². The summed E-state index contributed by atoms with van der Waals surface area (Å²) in [5, 5.41) is 3.31. The zero-order valence-electron chi connectivity index (χ0n) is 13.6. The third-order valence-electron chi connectivity index (χ3n) is 5.00. The van der Waals surface area contributed by atoms with E-state index in [9.17, 15) is 9.59 Å². The lowest BCUT2D eigenvalue weighted by molar-refractivity contribution is -0.151. The molecule has 3 N–H and O–H groups in total. The number of carbonyl (C=O) groups is 2. The average Bonchev–Trinajstić information content (AvgIpc) is 3.06. The Morgan fingerprint density at radius 2 is 2.27 bits per heavy atom. The molecule has 4 atom stereocenters. The predicted molar refractivity (Wildman–Crippen MR) is 85.1 cm³/mol. The van der Waals surface area contributed by atoms with Gasteiger partial charge in [0.25, 0.3) is 0 Å². The molecule has 1 amide bonds. The summed E-state index contributed by atoms with van der Waals surface area (Å²) in [5.74, 6) is -1.32. The molecule has 5 nitrogen and oxygen atoms in total. The highest BCUT2D eigenvalue weighted by atomic mass is 16.5. The number of methoxy groups -OCH3 is 1. The molecule has 1 heterocycles. The molecule has 1 aliphatic heterocycles. The Labute approximate surface area is 132 Å². The monoisotopic (exact) mass is 306 g/mol. The Kier molecular flexibility index (Phi) is 5.19. The van der Waals surface area contributed by atoms with Crippen molar-refractivity contribution in [2.75, 3.05) is 20.2 Å². The van der Waals surface area contributed by atoms with Crippen molar-refractivity contribution in [3.63, 3.8) is 0 Å². The van der Waals surface area contributed by atoms with Gasteiger partial charge in [-0.15, -0.1) is 0 Å². The molecule has 2 rings (SSSR count). The van der Waals surface area contributed by atoms with Gasteiger partial charge in [-0.05, 0) is 30.9 Å². The number of nitrogens with one attached hydrogen (secondary N) is 1. The molecule has 0 radical (unpaired) electrons. The van der Waals surface area contributed by atoms with Gasteiger partial charge in [-0.1, -0.05) is 32.1 Å². The normalized spacial score (nSPS) is 32.6. The standard InChI is InChI=1S/C17H26N2O3/c1-4-11(2)15(20)17(22-3)13(12-8-9-19-10-12)6-5-7-14(17)16(18)21/h5-7,11-12,14,19H,4,8-10H2,1-3H3,(H2,18,21). The van der Waals surface area contributed by atoms with Gasteiger partial charge in [0.15, 0.2) is 11.4 Å². The smallest absolute Gasteiger partial charge is 0.228 e. The van der Waals surface area contributed by atoms with E-state index in [1.165, 1.54) is 7.11 Å². The summed E-state index contributed by atoms with van der Waals surface area (Å²) < 4.78 is 5.76. The summed E-state index contributed by atoms with van der Waals surface area (Å²) in [4.78, 5) is 25.1. The molecule has 0 spiro atoms. The summed E-state index contributed by atoms with van der Waals surface area (Å²) in [6.45, 7) is 5.54. The van der Waals surface area contributed by atoms with Crippen LogP contribution in [0.1, 0.15) is 26.7 Å². The zero-order chi connectivity index (χ0) is 16.3. The van der Waals surface area contributed by atoms with E-state index < -0.39 is 17.4 Å². The molecule has 1 aliphatic carbocycles. The average molecular weight is 306 g/mol. The number of ether oxygens (including phenoxy) is 1. The number of nitrogens with two attached hydrogens (primary N) is 1. The lowest BCUT2D eigenvalue weighted by atomic mass is 9.67. The van der Waals surface area contributed by atoms with Crippen molar-refractivity contribution in [1.82, 2.24) is 5.32 Å². The number of rotatable bonds is 6. The summed E-state index contributed by atoms with van der Waals surface area (Å²) in [6.07, 6.45) is 7.09. The highest BCUT2D eigenvalue weighted by molar-refractivity contribution is 5.99. The molecule has 1 saturated heterocycles. The maximum absolute atomic E-state index is 13.1. The fourth-order valence-electron chi connectivity index (χ4n) is 3.56. The fraction of sp³-hybridized carbons (Fsp3) is 0.647. The Morgan fingerprint density at radius 1 is 1.55 bits per heavy atom. The molecule has 0 bridgehead atoms. The number of hydrogen-bond acceptors (Lipinski definition) is 4. The Hall–Kier alpha value is -1.46. The highest BCUT2D eigenvalue weighted by Gasteiger charge is 2.54. The number of allylic oxidation sites excluding steroid dienone is 2. The van der Waals surface area contributed by atoms with Gasteiger partial charge in [0.2, 0.25) is 5.91 Å². The first-order valence-electron chi connectivity index (χ1n) is 7.97. The second-order valence-corrected chi connectivity index (χ2v) is 6.19. The van der Waals surface area contributed by atoms with Crippen LogP contribution in [0.3, 0.4) is 0 Å². The van der Waals surface area contributed by atoms with Crippen molar-refractivity contribution in [3.8, 4) is 0 Å². The molecule has 0 aromatic rings. The molecule has 122 valence electrons. The summed E-state index contributed by atoms with van der Waals surface area (Å²) >= 11 is 0. The van der Waals surface area contributed by atoms with Gasteiger partial charge in [0.1, 0.15) is 0 Å². The van der Waals surface area contributed by atoms with E-state index in [4.69, 9.17) is 10.5 Å². The molecule has 1 fully saturated rings. The van der Waals surface area contributed by atoms with Gasteiger partial charge in [-0.2, -0.15) is 0 Å². The van der Waals surface area contributed by atoms with E-state index in [0.29, 0.717) is 6.42 Å². The van der Waals surface area contributed by atoms with E-state index in [2.05, 4.69) is 5.32 Å². The lowest BCUT2D eigenvalue weighted by Crippen LogP contribution is -2.57. The van der Waals surface area contributed by atoms with Crippen LogP contribution >= 0.6 is 0 Å². The summed E-state index contributed by atoms with van der Waals surface area (Å²) in [7, 11) is 1.51. The Balaban J connectivity index is 2.53. The van der Waals surface area contributed by atoms with Crippen molar-refractivity contribution < 1.29 is 14.3 Å². The number of hydrogen-bond donors (Lipinski definition) is 2. The van der Waals surface area contributed by atoms with Crippen LogP contribution in [0.15, 0.2) is 23.8 Å². The minimum absolute atomic E-state index is 0.0520. The van der Waals surface area contributed by atoms with Crippen LogP contribution < -0.4 is 11.1 Å². The van der Waals surface area contributed by atoms with Crippen molar-refractivity contribution in [2.45, 2.75) is 32.3 Å². The second kappa shape index (κ2) is 6.75. The van der Waals surface area contributed by atoms with E-state index in [1.807, 2.05) is 26.0 Å². The van der Waals surface area contributed by atoms with E-state index in [0.717, 1.165) is 25.1 Å². The SMILES string of the molecule is CCC(C)C(=O)C1(OC)C(C2CCNC2)=CC=CC1C(N)=O. The first-order valence-corrected chi connectivity index (χ1v) is 7.97. The molecule has 4 unspecified atom stereocenters. The Bertz CT molecular complexity index is 506. The number of carbonyl (C=O) groups excluding carboxylic acids is 2. The quantitative estimate of drug-likeness (QED) is 0.772. The van der Waals surface area contributed by atoms with Gasteiger partial charge in [-0.3, -0.25) is 9.59 Å². The van der Waals surface area contributed by atoms with Crippen molar-refractivity contribution in [2.24, 2.45) is 23.5 Å². The van der Waals surface area contributed by atoms with Crippen LogP contribution in [-0.4, -0.2) is 37.5 Å². The van der Waals surface area contributed by atoms with Gasteiger partial charge in [0, 0.05) is 19.6 Å².